The van der Waals surface area contributed by atoms with Gasteiger partial charge in [-0.15, -0.1) is 11.3 Å². The Kier molecular flexibility index (Phi) is 6.38. The summed E-state index contributed by atoms with van der Waals surface area (Å²) in [5.74, 6) is 0.767. The Balaban J connectivity index is 1.63. The molecule has 2 N–H and O–H groups in total. The standard InChI is InChI=1S/C22H20ClN5O3S/c1-13(2)16-11-20(29)26-22(24-16)28-19(10-17(27-28)18-4-3-9-32-18)25-21(30)12-31-15-7-5-14(23)6-8-15/h3-11,13H,12H2,1-2H3,(H,25,30)(H,24,26,29). The van der Waals surface area contributed by atoms with Crippen LogP contribution in [0.1, 0.15) is 25.5 Å². The lowest BCUT2D eigenvalue weighted by molar-refractivity contribution is -0.118. The van der Waals surface area contributed by atoms with Crippen LogP contribution in [0.3, 0.4) is 0 Å². The van der Waals surface area contributed by atoms with Gasteiger partial charge in [0.05, 0.1) is 10.6 Å². The number of rotatable bonds is 7. The van der Waals surface area contributed by atoms with E-state index >= 15 is 0 Å². The van der Waals surface area contributed by atoms with Crippen molar-refractivity contribution in [1.29, 1.82) is 0 Å². The maximum absolute atomic E-state index is 12.6. The van der Waals surface area contributed by atoms with Crippen LogP contribution in [0.25, 0.3) is 16.5 Å². The van der Waals surface area contributed by atoms with Gasteiger partial charge in [-0.25, -0.2) is 4.98 Å². The normalized spacial score (nSPS) is 11.0. The number of halogens is 1. The number of carbonyl (C=O) groups is 1. The molecule has 0 saturated carbocycles. The second-order valence-corrected chi connectivity index (χ2v) is 8.63. The molecule has 164 valence electrons. The first-order chi connectivity index (χ1) is 15.4. The van der Waals surface area contributed by atoms with E-state index in [-0.39, 0.29) is 29.9 Å². The maximum Gasteiger partial charge on any atom is 0.263 e. The van der Waals surface area contributed by atoms with Crippen molar-refractivity contribution in [1.82, 2.24) is 19.7 Å². The Morgan fingerprint density at radius 1 is 1.25 bits per heavy atom. The third kappa shape index (κ3) is 5.06. The Labute approximate surface area is 192 Å². The van der Waals surface area contributed by atoms with Crippen LogP contribution in [0.2, 0.25) is 5.02 Å². The van der Waals surface area contributed by atoms with Gasteiger partial charge in [-0.1, -0.05) is 31.5 Å². The molecule has 1 aromatic carbocycles. The lowest BCUT2D eigenvalue weighted by atomic mass is 10.1. The van der Waals surface area contributed by atoms with E-state index in [1.165, 1.54) is 22.1 Å². The zero-order valence-electron chi connectivity index (χ0n) is 17.3. The molecule has 4 rings (SSSR count). The van der Waals surface area contributed by atoms with E-state index in [9.17, 15) is 9.59 Å². The Hall–Kier alpha value is -3.43. The summed E-state index contributed by atoms with van der Waals surface area (Å²) in [5.41, 5.74) is 0.974. The molecule has 10 heteroatoms. The third-order valence-corrected chi connectivity index (χ3v) is 5.62. The average Bonchev–Trinajstić information content (AvgIpc) is 3.43. The van der Waals surface area contributed by atoms with Gasteiger partial charge in [0, 0.05) is 17.2 Å². The van der Waals surface area contributed by atoms with Crippen LogP contribution in [0.15, 0.2) is 58.7 Å². The highest BCUT2D eigenvalue weighted by atomic mass is 35.5. The van der Waals surface area contributed by atoms with Gasteiger partial charge in [0.25, 0.3) is 11.5 Å². The van der Waals surface area contributed by atoms with Gasteiger partial charge in [0.2, 0.25) is 5.95 Å². The fourth-order valence-corrected chi connectivity index (χ4v) is 3.70. The number of carbonyl (C=O) groups excluding carboxylic acids is 1. The van der Waals surface area contributed by atoms with Crippen molar-refractivity contribution >= 4 is 34.7 Å². The summed E-state index contributed by atoms with van der Waals surface area (Å²) in [7, 11) is 0. The molecule has 0 fully saturated rings. The van der Waals surface area contributed by atoms with Crippen LogP contribution in [0.4, 0.5) is 5.82 Å². The van der Waals surface area contributed by atoms with Crippen molar-refractivity contribution in [3.63, 3.8) is 0 Å². The zero-order chi connectivity index (χ0) is 22.7. The molecule has 32 heavy (non-hydrogen) atoms. The quantitative estimate of drug-likeness (QED) is 0.415. The summed E-state index contributed by atoms with van der Waals surface area (Å²) >= 11 is 7.38. The molecule has 8 nitrogen and oxygen atoms in total. The van der Waals surface area contributed by atoms with Crippen LogP contribution in [-0.4, -0.2) is 32.3 Å². The molecule has 3 aromatic heterocycles. The molecule has 0 saturated heterocycles. The van der Waals surface area contributed by atoms with E-state index in [4.69, 9.17) is 16.3 Å². The molecule has 0 aliphatic rings. The van der Waals surface area contributed by atoms with Crippen LogP contribution in [0.5, 0.6) is 5.75 Å². The number of hydrogen-bond acceptors (Lipinski definition) is 6. The summed E-state index contributed by atoms with van der Waals surface area (Å²) in [4.78, 5) is 32.9. The van der Waals surface area contributed by atoms with Crippen molar-refractivity contribution in [3.05, 3.63) is 75.0 Å². The number of H-pyrrole nitrogens is 1. The van der Waals surface area contributed by atoms with Crippen molar-refractivity contribution in [2.24, 2.45) is 0 Å². The SMILES string of the molecule is CC(C)c1cc(=O)[nH]c(-n2nc(-c3cccs3)cc2NC(=O)COc2ccc(Cl)cc2)n1. The molecule has 3 heterocycles. The minimum Gasteiger partial charge on any atom is -0.484 e. The number of aromatic amines is 1. The number of amides is 1. The smallest absolute Gasteiger partial charge is 0.263 e. The van der Waals surface area contributed by atoms with Gasteiger partial charge in [0.1, 0.15) is 17.3 Å². The van der Waals surface area contributed by atoms with E-state index in [1.807, 2.05) is 31.4 Å². The molecule has 0 radical (unpaired) electrons. The Morgan fingerprint density at radius 3 is 2.72 bits per heavy atom. The van der Waals surface area contributed by atoms with Crippen LogP contribution in [-0.2, 0) is 4.79 Å². The topological polar surface area (TPSA) is 102 Å². The van der Waals surface area contributed by atoms with Crippen molar-refractivity contribution in [2.75, 3.05) is 11.9 Å². The monoisotopic (exact) mass is 469 g/mol. The fraction of sp³-hybridized carbons (Fsp3) is 0.182. The second kappa shape index (κ2) is 9.37. The molecule has 4 aromatic rings. The van der Waals surface area contributed by atoms with Crippen LogP contribution >= 0.6 is 22.9 Å². The molecule has 0 aliphatic carbocycles. The Bertz CT molecular complexity index is 1280. The van der Waals surface area contributed by atoms with Gasteiger partial charge in [-0.05, 0) is 41.6 Å². The average molecular weight is 470 g/mol. The number of benzene rings is 1. The predicted octanol–water partition coefficient (Wildman–Crippen LogP) is 4.48. The summed E-state index contributed by atoms with van der Waals surface area (Å²) in [6, 6.07) is 13.7. The minimum atomic E-state index is -0.388. The van der Waals surface area contributed by atoms with Gasteiger partial charge < -0.3 is 10.1 Å². The van der Waals surface area contributed by atoms with E-state index < -0.39 is 0 Å². The first-order valence-electron chi connectivity index (χ1n) is 9.83. The lowest BCUT2D eigenvalue weighted by Gasteiger charge is -2.11. The summed E-state index contributed by atoms with van der Waals surface area (Å²) in [6.45, 7) is 3.68. The largest absolute Gasteiger partial charge is 0.484 e. The third-order valence-electron chi connectivity index (χ3n) is 4.48. The van der Waals surface area contributed by atoms with Crippen molar-refractivity contribution in [2.45, 2.75) is 19.8 Å². The number of ether oxygens (including phenoxy) is 1. The fourth-order valence-electron chi connectivity index (χ4n) is 2.89. The van der Waals surface area contributed by atoms with E-state index in [2.05, 4.69) is 20.4 Å². The number of thiophene rings is 1. The van der Waals surface area contributed by atoms with Crippen LogP contribution in [0, 0.1) is 0 Å². The molecule has 0 atom stereocenters. The maximum atomic E-state index is 12.6. The zero-order valence-corrected chi connectivity index (χ0v) is 18.9. The van der Waals surface area contributed by atoms with Gasteiger partial charge >= 0.3 is 0 Å². The molecule has 1 amide bonds. The van der Waals surface area contributed by atoms with Gasteiger partial charge in [0.15, 0.2) is 6.61 Å². The molecule has 0 bridgehead atoms. The highest BCUT2D eigenvalue weighted by Crippen LogP contribution is 2.27. The Morgan fingerprint density at radius 2 is 2.03 bits per heavy atom. The lowest BCUT2D eigenvalue weighted by Crippen LogP contribution is -2.23. The van der Waals surface area contributed by atoms with Crippen molar-refractivity contribution in [3.8, 4) is 22.3 Å². The first-order valence-corrected chi connectivity index (χ1v) is 11.1. The molecule has 0 aliphatic heterocycles. The number of nitrogens with one attached hydrogen (secondary N) is 2. The highest BCUT2D eigenvalue weighted by Gasteiger charge is 2.17. The molecular formula is C22H20ClN5O3S. The second-order valence-electron chi connectivity index (χ2n) is 7.24. The van der Waals surface area contributed by atoms with Crippen LogP contribution < -0.4 is 15.6 Å². The van der Waals surface area contributed by atoms with Gasteiger partial charge in [-0.3, -0.25) is 14.6 Å². The number of anilines is 1. The van der Waals surface area contributed by atoms with E-state index in [0.29, 0.717) is 28.0 Å². The van der Waals surface area contributed by atoms with Gasteiger partial charge in [-0.2, -0.15) is 9.78 Å². The highest BCUT2D eigenvalue weighted by molar-refractivity contribution is 7.13. The van der Waals surface area contributed by atoms with Crippen molar-refractivity contribution < 1.29 is 9.53 Å². The minimum absolute atomic E-state index is 0.0502. The molecular weight excluding hydrogens is 450 g/mol. The summed E-state index contributed by atoms with van der Waals surface area (Å²) < 4.78 is 6.94. The number of nitrogens with zero attached hydrogens (tertiary/aromatic N) is 3. The summed E-state index contributed by atoms with van der Waals surface area (Å²) in [5, 5.41) is 9.88. The predicted molar refractivity (Wildman–Crippen MR) is 125 cm³/mol. The number of hydrogen-bond donors (Lipinski definition) is 2. The summed E-state index contributed by atoms with van der Waals surface area (Å²) in [6.07, 6.45) is 0. The van der Waals surface area contributed by atoms with E-state index in [0.717, 1.165) is 4.88 Å². The van der Waals surface area contributed by atoms with E-state index in [1.54, 1.807) is 30.3 Å². The molecule has 0 unspecified atom stereocenters. The number of aromatic nitrogens is 4. The molecule has 0 spiro atoms. The first kappa shape index (κ1) is 21.8.